The summed E-state index contributed by atoms with van der Waals surface area (Å²) in [5.41, 5.74) is 0.596. The third-order valence-corrected chi connectivity index (χ3v) is 8.53. The lowest BCUT2D eigenvalue weighted by molar-refractivity contribution is -0.131. The van der Waals surface area contributed by atoms with Crippen LogP contribution in [0.15, 0.2) is 47.8 Å². The first-order valence-electron chi connectivity index (χ1n) is 12.6. The highest BCUT2D eigenvalue weighted by atomic mass is 32.2. The highest BCUT2D eigenvalue weighted by Gasteiger charge is 2.44. The summed E-state index contributed by atoms with van der Waals surface area (Å²) in [4.78, 5) is 35.8. The van der Waals surface area contributed by atoms with Gasteiger partial charge >= 0.3 is 6.09 Å². The van der Waals surface area contributed by atoms with E-state index >= 15 is 0 Å². The normalized spacial score (nSPS) is 21.8. The Hall–Kier alpha value is -3.67. The summed E-state index contributed by atoms with van der Waals surface area (Å²) in [5, 5.41) is 6.67. The summed E-state index contributed by atoms with van der Waals surface area (Å²) in [6.45, 7) is 7.67. The number of anilines is 1. The van der Waals surface area contributed by atoms with E-state index < -0.39 is 27.8 Å². The Morgan fingerprint density at radius 3 is 2.55 bits per heavy atom. The zero-order valence-electron chi connectivity index (χ0n) is 21.8. The van der Waals surface area contributed by atoms with Crippen molar-refractivity contribution in [2.75, 3.05) is 11.9 Å². The van der Waals surface area contributed by atoms with Crippen LogP contribution in [-0.4, -0.2) is 69.5 Å². The first-order valence-corrected chi connectivity index (χ1v) is 14.1. The van der Waals surface area contributed by atoms with Gasteiger partial charge in [0.2, 0.25) is 5.91 Å². The molecule has 0 saturated carbocycles. The van der Waals surface area contributed by atoms with Crippen LogP contribution in [0.5, 0.6) is 0 Å². The van der Waals surface area contributed by atoms with E-state index in [9.17, 15) is 18.0 Å². The molecule has 5 rings (SSSR count). The molecule has 2 aromatic heterocycles. The average Bonchev–Trinajstić information content (AvgIpc) is 3.41. The number of carbonyl (C=O) groups excluding carboxylic acids is 2. The summed E-state index contributed by atoms with van der Waals surface area (Å²) in [6.07, 6.45) is 4.32. The Balaban J connectivity index is 1.30. The van der Waals surface area contributed by atoms with Gasteiger partial charge in [0.25, 0.3) is 10.0 Å². The fraction of sp³-hybridized carbons (Fsp3) is 0.462. The first-order chi connectivity index (χ1) is 17.9. The summed E-state index contributed by atoms with van der Waals surface area (Å²) in [5.74, 6) is 0.377. The largest absolute Gasteiger partial charge is 0.444 e. The smallest absolute Gasteiger partial charge is 0.408 e. The fourth-order valence-corrected chi connectivity index (χ4v) is 6.36. The van der Waals surface area contributed by atoms with Gasteiger partial charge in [-0.15, -0.1) is 0 Å². The Kier molecular flexibility index (Phi) is 6.54. The zero-order valence-corrected chi connectivity index (χ0v) is 22.7. The van der Waals surface area contributed by atoms with E-state index in [-0.39, 0.29) is 28.5 Å². The van der Waals surface area contributed by atoms with E-state index in [0.29, 0.717) is 24.2 Å². The van der Waals surface area contributed by atoms with Crippen LogP contribution >= 0.6 is 0 Å². The lowest BCUT2D eigenvalue weighted by Gasteiger charge is -2.35. The molecular weight excluding hydrogens is 508 g/mol. The Morgan fingerprint density at radius 1 is 1.11 bits per heavy atom. The molecule has 11 nitrogen and oxygen atoms in total. The summed E-state index contributed by atoms with van der Waals surface area (Å²) < 4.78 is 33.0. The molecule has 12 heteroatoms. The van der Waals surface area contributed by atoms with Gasteiger partial charge in [-0.2, -0.15) is 0 Å². The third kappa shape index (κ3) is 5.04. The number of amides is 2. The topological polar surface area (TPSA) is 136 Å². The lowest BCUT2D eigenvalue weighted by Crippen LogP contribution is -2.49. The second kappa shape index (κ2) is 9.57. The van der Waals surface area contributed by atoms with Crippen LogP contribution in [0.4, 0.5) is 10.6 Å². The van der Waals surface area contributed by atoms with Crippen molar-refractivity contribution in [2.45, 2.75) is 75.6 Å². The maximum atomic E-state index is 13.3. The minimum Gasteiger partial charge on any atom is -0.444 e. The number of ether oxygens (including phenoxy) is 1. The van der Waals surface area contributed by atoms with Gasteiger partial charge in [-0.05, 0) is 65.2 Å². The molecule has 0 unspecified atom stereocenters. The van der Waals surface area contributed by atoms with Gasteiger partial charge in [0.05, 0.1) is 10.3 Å². The Bertz CT molecular complexity index is 1480. The Labute approximate surface area is 221 Å². The molecular formula is C26H32N6O5S. The van der Waals surface area contributed by atoms with Crippen LogP contribution in [0.3, 0.4) is 0 Å². The van der Waals surface area contributed by atoms with E-state index in [2.05, 4.69) is 20.6 Å². The lowest BCUT2D eigenvalue weighted by atomic mass is 9.98. The van der Waals surface area contributed by atoms with Crippen molar-refractivity contribution in [1.29, 1.82) is 0 Å². The summed E-state index contributed by atoms with van der Waals surface area (Å²) in [7, 11) is -3.83. The van der Waals surface area contributed by atoms with Crippen LogP contribution in [0.25, 0.3) is 11.0 Å². The quantitative estimate of drug-likeness (QED) is 0.504. The number of aromatic nitrogens is 3. The molecule has 2 N–H and O–H groups in total. The van der Waals surface area contributed by atoms with Crippen molar-refractivity contribution in [3.63, 3.8) is 0 Å². The van der Waals surface area contributed by atoms with Gasteiger partial charge in [-0.25, -0.2) is 27.2 Å². The molecule has 2 saturated heterocycles. The van der Waals surface area contributed by atoms with Gasteiger partial charge in [0, 0.05) is 24.8 Å². The first kappa shape index (κ1) is 26.0. The molecule has 0 aliphatic carbocycles. The van der Waals surface area contributed by atoms with Gasteiger partial charge in [0.15, 0.2) is 5.65 Å². The summed E-state index contributed by atoms with van der Waals surface area (Å²) in [6, 6.07) is 7.68. The van der Waals surface area contributed by atoms with Crippen LogP contribution in [0, 0.1) is 6.92 Å². The predicted octanol–water partition coefficient (Wildman–Crippen LogP) is 3.05. The average molecular weight is 541 g/mol. The van der Waals surface area contributed by atoms with Crippen molar-refractivity contribution in [1.82, 2.24) is 24.2 Å². The zero-order chi connectivity index (χ0) is 27.2. The molecule has 38 heavy (non-hydrogen) atoms. The molecule has 3 aromatic rings. The second-order valence-corrected chi connectivity index (χ2v) is 12.7. The number of rotatable bonds is 5. The van der Waals surface area contributed by atoms with Gasteiger partial charge in [-0.3, -0.25) is 4.79 Å². The number of aryl methyl sites for hydroxylation is 1. The number of benzene rings is 1. The maximum absolute atomic E-state index is 13.3. The molecule has 0 bridgehead atoms. The molecule has 1 aromatic carbocycles. The molecule has 202 valence electrons. The van der Waals surface area contributed by atoms with Gasteiger partial charge in [-0.1, -0.05) is 17.7 Å². The molecule has 2 aliphatic heterocycles. The predicted molar refractivity (Wildman–Crippen MR) is 141 cm³/mol. The van der Waals surface area contributed by atoms with Crippen molar-refractivity contribution in [3.8, 4) is 0 Å². The number of nitrogens with one attached hydrogen (secondary N) is 2. The van der Waals surface area contributed by atoms with E-state index in [0.717, 1.165) is 22.4 Å². The van der Waals surface area contributed by atoms with Crippen LogP contribution in [0.1, 0.15) is 45.6 Å². The minimum absolute atomic E-state index is 0.0478. The number of fused-ring (bicyclic) bond motifs is 2. The number of hydrogen-bond donors (Lipinski definition) is 2. The van der Waals surface area contributed by atoms with Gasteiger partial charge < -0.3 is 20.3 Å². The molecule has 0 radical (unpaired) electrons. The standard InChI is InChI=1S/C26H32N6O5S/c1-16-5-9-19(10-6-16)38(35,36)32-12-11-20-22(27-15-28-23(20)32)29-17-7-8-18-13-21(24(33)31(18)14-17)30-25(34)37-26(2,3)4/h5-6,9-12,15,17-18,21H,7-8,13-14H2,1-4H3,(H,30,34)(H,27,28,29)/t17-,18+,21-/m0/s1. The number of hydrogen-bond acceptors (Lipinski definition) is 8. The van der Waals surface area contributed by atoms with E-state index in [4.69, 9.17) is 4.74 Å². The van der Waals surface area contributed by atoms with Crippen LogP contribution < -0.4 is 10.6 Å². The molecule has 3 atom stereocenters. The molecule has 2 fully saturated rings. The van der Waals surface area contributed by atoms with E-state index in [1.807, 2.05) is 6.92 Å². The van der Waals surface area contributed by atoms with Crippen LogP contribution in [-0.2, 0) is 19.6 Å². The second-order valence-electron chi connectivity index (χ2n) is 10.9. The van der Waals surface area contributed by atoms with Crippen molar-refractivity contribution >= 4 is 38.9 Å². The number of alkyl carbamates (subject to hydrolysis) is 1. The molecule has 0 spiro atoms. The van der Waals surface area contributed by atoms with Crippen molar-refractivity contribution < 1.29 is 22.7 Å². The SMILES string of the molecule is Cc1ccc(S(=O)(=O)n2ccc3c(N[C@H]4CC[C@@H]5C[C@H](NC(=O)OC(C)(C)C)C(=O)N5C4)ncnc32)cc1. The number of nitrogens with zero attached hydrogens (tertiary/aromatic N) is 4. The molecule has 2 aliphatic rings. The van der Waals surface area contributed by atoms with E-state index in [1.54, 1.807) is 56.0 Å². The van der Waals surface area contributed by atoms with Crippen molar-refractivity contribution in [2.24, 2.45) is 0 Å². The number of piperidine rings is 1. The van der Waals surface area contributed by atoms with Gasteiger partial charge in [0.1, 0.15) is 23.8 Å². The molecule has 2 amide bonds. The van der Waals surface area contributed by atoms with E-state index in [1.165, 1.54) is 12.5 Å². The highest BCUT2D eigenvalue weighted by Crippen LogP contribution is 2.31. The number of carbonyl (C=O) groups is 2. The fourth-order valence-electron chi connectivity index (χ4n) is 5.06. The third-order valence-electron chi connectivity index (χ3n) is 6.85. The van der Waals surface area contributed by atoms with Crippen LogP contribution in [0.2, 0.25) is 0 Å². The maximum Gasteiger partial charge on any atom is 0.408 e. The minimum atomic E-state index is -3.83. The van der Waals surface area contributed by atoms with Crippen molar-refractivity contribution in [3.05, 3.63) is 48.4 Å². The Morgan fingerprint density at radius 2 is 1.84 bits per heavy atom. The molecule has 4 heterocycles. The highest BCUT2D eigenvalue weighted by molar-refractivity contribution is 7.90. The summed E-state index contributed by atoms with van der Waals surface area (Å²) >= 11 is 0. The monoisotopic (exact) mass is 540 g/mol.